The summed E-state index contributed by atoms with van der Waals surface area (Å²) < 4.78 is 42.1. The fourth-order valence-electron chi connectivity index (χ4n) is 1.10. The third-order valence-corrected chi connectivity index (χ3v) is 1.81. The van der Waals surface area contributed by atoms with E-state index < -0.39 is 11.9 Å². The third-order valence-electron chi connectivity index (χ3n) is 1.81. The Hall–Kier alpha value is -2.11. The normalized spacial score (nSPS) is 11.2. The maximum atomic E-state index is 12.3. The van der Waals surface area contributed by atoms with Crippen molar-refractivity contribution in [3.63, 3.8) is 0 Å². The van der Waals surface area contributed by atoms with Gasteiger partial charge in [-0.3, -0.25) is 0 Å². The number of benzene rings is 1. The lowest BCUT2D eigenvalue weighted by Gasteiger charge is -2.07. The number of rotatable bonds is 2. The minimum atomic E-state index is -4.56. The molecule has 1 heterocycles. The fourth-order valence-corrected chi connectivity index (χ4v) is 1.10. The zero-order valence-electron chi connectivity index (χ0n) is 8.40. The lowest BCUT2D eigenvalue weighted by Crippen LogP contribution is -2.08. The Morgan fingerprint density at radius 1 is 1.06 bits per heavy atom. The molecule has 1 radical (unpaired) electrons. The zero-order chi connectivity index (χ0) is 12.3. The molecule has 0 saturated heterocycles. The number of hydrogen-bond donors (Lipinski definition) is 0. The summed E-state index contributed by atoms with van der Waals surface area (Å²) in [5, 5.41) is 0. The monoisotopic (exact) mass is 239 g/mol. The highest BCUT2D eigenvalue weighted by molar-refractivity contribution is 5.26. The molecule has 0 unspecified atom stereocenters. The summed E-state index contributed by atoms with van der Waals surface area (Å²) in [5.74, 6) is 0.120. The largest absolute Gasteiger partial charge is 0.438 e. The minimum Gasteiger partial charge on any atom is -0.438 e. The lowest BCUT2D eigenvalue weighted by molar-refractivity contribution is -0.141. The molecule has 0 aliphatic carbocycles. The number of halogens is 3. The number of nitrogens with zero attached hydrogens (tertiary/aromatic N) is 2. The summed E-state index contributed by atoms with van der Waals surface area (Å²) >= 11 is 0. The lowest BCUT2D eigenvalue weighted by atomic mass is 10.3. The molecule has 0 aliphatic rings. The van der Waals surface area contributed by atoms with Crippen molar-refractivity contribution in [1.29, 1.82) is 0 Å². The molecule has 3 nitrogen and oxygen atoms in total. The Bertz CT molecular complexity index is 500. The number of alkyl halides is 3. The summed E-state index contributed by atoms with van der Waals surface area (Å²) in [6.45, 7) is 0. The molecule has 2 rings (SSSR count). The molecule has 2 aromatic rings. The molecule has 1 aromatic heterocycles. The summed E-state index contributed by atoms with van der Waals surface area (Å²) in [4.78, 5) is 6.64. The summed E-state index contributed by atoms with van der Waals surface area (Å²) in [6.07, 6.45) is -3.77. The van der Waals surface area contributed by atoms with Gasteiger partial charge in [0.25, 0.3) is 0 Å². The van der Waals surface area contributed by atoms with Gasteiger partial charge >= 0.3 is 6.18 Å². The number of ether oxygens (including phenoxy) is 1. The van der Waals surface area contributed by atoms with Gasteiger partial charge in [-0.15, -0.1) is 0 Å². The predicted molar refractivity (Wildman–Crippen MR) is 52.4 cm³/mol. The van der Waals surface area contributed by atoms with Gasteiger partial charge in [0, 0.05) is 0 Å². The quantitative estimate of drug-likeness (QED) is 0.807. The molecular formula is C11H6F3N2O. The Morgan fingerprint density at radius 3 is 2.41 bits per heavy atom. The van der Waals surface area contributed by atoms with Gasteiger partial charge in [0.1, 0.15) is 12.1 Å². The molecule has 0 amide bonds. The van der Waals surface area contributed by atoms with Crippen molar-refractivity contribution in [1.82, 2.24) is 9.97 Å². The molecule has 0 N–H and O–H groups in total. The molecular weight excluding hydrogens is 233 g/mol. The van der Waals surface area contributed by atoms with Crippen LogP contribution in [0.15, 0.2) is 36.7 Å². The van der Waals surface area contributed by atoms with Crippen LogP contribution in [0.4, 0.5) is 13.2 Å². The van der Waals surface area contributed by atoms with E-state index in [2.05, 4.69) is 9.97 Å². The van der Waals surface area contributed by atoms with E-state index >= 15 is 0 Å². The Kier molecular flexibility index (Phi) is 2.95. The van der Waals surface area contributed by atoms with Crippen LogP contribution in [-0.2, 0) is 6.18 Å². The second-order valence-electron chi connectivity index (χ2n) is 3.07. The van der Waals surface area contributed by atoms with Crippen LogP contribution in [-0.4, -0.2) is 9.97 Å². The van der Waals surface area contributed by atoms with Crippen molar-refractivity contribution >= 4 is 0 Å². The van der Waals surface area contributed by atoms with E-state index in [1.54, 1.807) is 30.3 Å². The van der Waals surface area contributed by atoms with Crippen LogP contribution >= 0.6 is 0 Å². The summed E-state index contributed by atoms with van der Waals surface area (Å²) in [5.41, 5.74) is -1.15. The van der Waals surface area contributed by atoms with E-state index in [4.69, 9.17) is 4.74 Å². The summed E-state index contributed by atoms with van der Waals surface area (Å²) in [7, 11) is 0. The van der Waals surface area contributed by atoms with Crippen molar-refractivity contribution in [3.8, 4) is 11.6 Å². The van der Waals surface area contributed by atoms with Gasteiger partial charge in [-0.05, 0) is 12.1 Å². The SMILES string of the molecule is FC(F)(F)c1[c]c(Oc2ccccc2)ncn1. The van der Waals surface area contributed by atoms with E-state index in [9.17, 15) is 13.2 Å². The van der Waals surface area contributed by atoms with E-state index in [1.165, 1.54) is 0 Å². The molecule has 17 heavy (non-hydrogen) atoms. The van der Waals surface area contributed by atoms with Crippen LogP contribution in [0, 0.1) is 6.07 Å². The van der Waals surface area contributed by atoms with Crippen molar-refractivity contribution in [2.75, 3.05) is 0 Å². The molecule has 87 valence electrons. The van der Waals surface area contributed by atoms with Crippen molar-refractivity contribution < 1.29 is 17.9 Å². The molecule has 0 atom stereocenters. The summed E-state index contributed by atoms with van der Waals surface area (Å²) in [6, 6.07) is 10.3. The number of hydrogen-bond acceptors (Lipinski definition) is 3. The second-order valence-corrected chi connectivity index (χ2v) is 3.07. The van der Waals surface area contributed by atoms with Crippen LogP contribution in [0.25, 0.3) is 0 Å². The van der Waals surface area contributed by atoms with E-state index in [0.717, 1.165) is 6.33 Å². The van der Waals surface area contributed by atoms with E-state index in [-0.39, 0.29) is 5.88 Å². The fraction of sp³-hybridized carbons (Fsp3) is 0.0909. The van der Waals surface area contributed by atoms with Gasteiger partial charge in [-0.25, -0.2) is 9.97 Å². The zero-order valence-corrected chi connectivity index (χ0v) is 8.40. The topological polar surface area (TPSA) is 35.0 Å². The highest BCUT2D eigenvalue weighted by atomic mass is 19.4. The number of para-hydroxylation sites is 1. The molecule has 0 spiro atoms. The van der Waals surface area contributed by atoms with Crippen LogP contribution < -0.4 is 4.74 Å². The second kappa shape index (κ2) is 4.40. The molecule has 0 saturated carbocycles. The number of aromatic nitrogens is 2. The van der Waals surface area contributed by atoms with Gasteiger partial charge in [0.05, 0.1) is 6.07 Å². The first kappa shape index (κ1) is 11.4. The van der Waals surface area contributed by atoms with Crippen molar-refractivity contribution in [2.24, 2.45) is 0 Å². The average molecular weight is 239 g/mol. The highest BCUT2D eigenvalue weighted by Crippen LogP contribution is 2.29. The Balaban J connectivity index is 2.23. The average Bonchev–Trinajstić information content (AvgIpc) is 2.29. The highest BCUT2D eigenvalue weighted by Gasteiger charge is 2.33. The van der Waals surface area contributed by atoms with Gasteiger partial charge in [0.2, 0.25) is 5.88 Å². The smallest absolute Gasteiger partial charge is 0.434 e. The first-order valence-corrected chi connectivity index (χ1v) is 4.60. The van der Waals surface area contributed by atoms with Gasteiger partial charge in [0.15, 0.2) is 5.69 Å². The molecule has 6 heteroatoms. The molecule has 0 bridgehead atoms. The predicted octanol–water partition coefficient (Wildman–Crippen LogP) is 3.09. The van der Waals surface area contributed by atoms with Crippen LogP contribution in [0.3, 0.4) is 0 Å². The van der Waals surface area contributed by atoms with Gasteiger partial charge in [-0.2, -0.15) is 13.2 Å². The minimum absolute atomic E-state index is 0.265. The van der Waals surface area contributed by atoms with Crippen molar-refractivity contribution in [2.45, 2.75) is 6.18 Å². The Morgan fingerprint density at radius 2 is 1.76 bits per heavy atom. The maximum Gasteiger partial charge on any atom is 0.434 e. The third kappa shape index (κ3) is 2.93. The first-order chi connectivity index (χ1) is 8.05. The molecule has 0 fully saturated rings. The van der Waals surface area contributed by atoms with Gasteiger partial charge in [-0.1, -0.05) is 18.2 Å². The first-order valence-electron chi connectivity index (χ1n) is 4.60. The standard InChI is InChI=1S/C11H6F3N2O/c12-11(13,14)9-6-10(16-7-15-9)17-8-4-2-1-3-5-8/h1-5,7H. The van der Waals surface area contributed by atoms with Crippen LogP contribution in [0.5, 0.6) is 11.6 Å². The molecule has 0 aliphatic heterocycles. The van der Waals surface area contributed by atoms with Crippen molar-refractivity contribution in [3.05, 3.63) is 48.4 Å². The van der Waals surface area contributed by atoms with Crippen LogP contribution in [0.1, 0.15) is 5.69 Å². The van der Waals surface area contributed by atoms with Crippen LogP contribution in [0.2, 0.25) is 0 Å². The van der Waals surface area contributed by atoms with Gasteiger partial charge < -0.3 is 4.74 Å². The van der Waals surface area contributed by atoms with E-state index in [1.807, 2.05) is 6.07 Å². The molecule has 1 aromatic carbocycles. The Labute approximate surface area is 94.9 Å². The maximum absolute atomic E-state index is 12.3. The van der Waals surface area contributed by atoms with E-state index in [0.29, 0.717) is 5.75 Å².